The van der Waals surface area contributed by atoms with Gasteiger partial charge in [-0.1, -0.05) is 19.1 Å². The zero-order valence-corrected chi connectivity index (χ0v) is 20.1. The maximum Gasteiger partial charge on any atom is 0.210 e. The minimum absolute atomic E-state index is 0.0654. The first-order valence-corrected chi connectivity index (χ1v) is 11.7. The predicted molar refractivity (Wildman–Crippen MR) is 128 cm³/mol. The van der Waals surface area contributed by atoms with E-state index in [9.17, 15) is 9.59 Å². The number of methoxy groups -OCH3 is 1. The van der Waals surface area contributed by atoms with Crippen molar-refractivity contribution in [1.29, 1.82) is 0 Å². The van der Waals surface area contributed by atoms with Crippen LogP contribution in [0.25, 0.3) is 10.9 Å². The lowest BCUT2D eigenvalue weighted by atomic mass is 10.1. The molecule has 0 unspecified atom stereocenters. The van der Waals surface area contributed by atoms with Crippen LogP contribution in [0.1, 0.15) is 56.0 Å². The van der Waals surface area contributed by atoms with Crippen LogP contribution in [0.2, 0.25) is 0 Å². The number of nitrogens with zero attached hydrogens (tertiary/aromatic N) is 2. The third kappa shape index (κ3) is 8.04. The second-order valence-corrected chi connectivity index (χ2v) is 8.04. The second-order valence-electron chi connectivity index (χ2n) is 8.04. The number of likely N-dealkylation sites (N-methyl/N-ethyl adjacent to an activating group) is 1. The number of carbonyl (C=O) groups is 2. The molecular formula is C25H39N3O4. The number of carbonyl (C=O) groups excluding carboxylic acids is 2. The van der Waals surface area contributed by atoms with Crippen molar-refractivity contribution in [3.05, 3.63) is 35.5 Å². The van der Waals surface area contributed by atoms with E-state index in [-0.39, 0.29) is 5.78 Å². The van der Waals surface area contributed by atoms with Gasteiger partial charge in [-0.3, -0.25) is 9.59 Å². The number of benzene rings is 1. The number of fused-ring (bicyclic) bond motifs is 1. The van der Waals surface area contributed by atoms with Gasteiger partial charge in [0.2, 0.25) is 6.41 Å². The number of hydrogen-bond acceptors (Lipinski definition) is 5. The van der Waals surface area contributed by atoms with E-state index >= 15 is 0 Å². The highest BCUT2D eigenvalue weighted by Crippen LogP contribution is 2.30. The second kappa shape index (κ2) is 14.0. The van der Waals surface area contributed by atoms with Crippen LogP contribution in [-0.4, -0.2) is 67.7 Å². The van der Waals surface area contributed by atoms with Gasteiger partial charge in [-0.05, 0) is 51.3 Å². The fraction of sp³-hybridized carbons (Fsp3) is 0.600. The average Bonchev–Trinajstić information content (AvgIpc) is 3.59. The van der Waals surface area contributed by atoms with Gasteiger partial charge in [0, 0.05) is 68.7 Å². The highest BCUT2D eigenvalue weighted by Gasteiger charge is 2.28. The molecular weight excluding hydrogens is 406 g/mol. The van der Waals surface area contributed by atoms with Gasteiger partial charge in [-0.25, -0.2) is 0 Å². The molecule has 1 N–H and O–H groups in total. The van der Waals surface area contributed by atoms with E-state index in [0.717, 1.165) is 80.6 Å². The van der Waals surface area contributed by atoms with Crippen molar-refractivity contribution in [3.63, 3.8) is 0 Å². The number of Topliss-reactive ketones (excluding diaryl/α,β-unsaturated/α-hetero) is 1. The highest BCUT2D eigenvalue weighted by molar-refractivity contribution is 5.98. The summed E-state index contributed by atoms with van der Waals surface area (Å²) in [6, 6.07) is 6.22. The van der Waals surface area contributed by atoms with Crippen molar-refractivity contribution in [3.8, 4) is 0 Å². The molecule has 1 fully saturated rings. The van der Waals surface area contributed by atoms with E-state index in [1.807, 2.05) is 30.0 Å². The Kier molecular flexibility index (Phi) is 11.4. The highest BCUT2D eigenvalue weighted by atomic mass is 16.5. The summed E-state index contributed by atoms with van der Waals surface area (Å²) in [6.45, 7) is 11.5. The smallest absolute Gasteiger partial charge is 0.210 e. The largest absolute Gasteiger partial charge is 0.385 e. The maximum atomic E-state index is 11.7. The number of aromatic nitrogens is 1. The van der Waals surface area contributed by atoms with E-state index in [4.69, 9.17) is 9.47 Å². The Morgan fingerprint density at radius 2 is 2.06 bits per heavy atom. The summed E-state index contributed by atoms with van der Waals surface area (Å²) < 4.78 is 12.4. The standard InChI is InChI=1S/C19H24N2O3.C6H15NO/c1-14(23)15-4-7-18-16(12-21(13-22)17-5-6-17)11-20(19(18)10-15)8-3-9-24-2;1-3-7-5-6-8-4-2/h4,7,10-11,13,17H,3,5-6,8-9,12H2,1-2H3;7H,3-6H2,1-2H3. The molecule has 0 atom stereocenters. The summed E-state index contributed by atoms with van der Waals surface area (Å²) in [7, 11) is 1.70. The molecule has 1 aromatic heterocycles. The van der Waals surface area contributed by atoms with Gasteiger partial charge in [0.1, 0.15) is 0 Å². The number of ketones is 1. The van der Waals surface area contributed by atoms with Crippen molar-refractivity contribution in [2.24, 2.45) is 0 Å². The van der Waals surface area contributed by atoms with Crippen LogP contribution in [-0.2, 0) is 27.4 Å². The van der Waals surface area contributed by atoms with Gasteiger partial charge in [-0.2, -0.15) is 0 Å². The molecule has 7 nitrogen and oxygen atoms in total. The Balaban J connectivity index is 0.000000390. The topological polar surface area (TPSA) is 72.8 Å². The Morgan fingerprint density at radius 3 is 2.66 bits per heavy atom. The molecule has 1 aromatic carbocycles. The van der Waals surface area contributed by atoms with E-state index in [1.165, 1.54) is 0 Å². The van der Waals surface area contributed by atoms with Gasteiger partial charge in [0.05, 0.1) is 6.61 Å². The first-order valence-electron chi connectivity index (χ1n) is 11.7. The molecule has 0 spiro atoms. The number of aryl methyl sites for hydroxylation is 1. The Morgan fingerprint density at radius 1 is 1.28 bits per heavy atom. The summed E-state index contributed by atoms with van der Waals surface area (Å²) in [4.78, 5) is 24.9. The van der Waals surface area contributed by atoms with Crippen molar-refractivity contribution < 1.29 is 19.1 Å². The van der Waals surface area contributed by atoms with Crippen molar-refractivity contribution >= 4 is 23.1 Å². The van der Waals surface area contributed by atoms with Gasteiger partial charge < -0.3 is 24.3 Å². The molecule has 1 heterocycles. The first-order chi connectivity index (χ1) is 15.5. The lowest BCUT2D eigenvalue weighted by Crippen LogP contribution is -2.23. The molecule has 0 saturated heterocycles. The van der Waals surface area contributed by atoms with E-state index in [0.29, 0.717) is 19.2 Å². The van der Waals surface area contributed by atoms with Crippen LogP contribution in [0, 0.1) is 0 Å². The van der Waals surface area contributed by atoms with E-state index < -0.39 is 0 Å². The monoisotopic (exact) mass is 445 g/mol. The Labute approximate surface area is 192 Å². The lowest BCUT2D eigenvalue weighted by molar-refractivity contribution is -0.119. The van der Waals surface area contributed by atoms with E-state index in [2.05, 4.69) is 23.0 Å². The average molecular weight is 446 g/mol. The summed E-state index contributed by atoms with van der Waals surface area (Å²) in [5.74, 6) is 0.0654. The molecule has 1 aliphatic rings. The number of ether oxygens (including phenoxy) is 2. The normalized spacial score (nSPS) is 13.0. The summed E-state index contributed by atoms with van der Waals surface area (Å²) >= 11 is 0. The molecule has 32 heavy (non-hydrogen) atoms. The molecule has 7 heteroatoms. The lowest BCUT2D eigenvalue weighted by Gasteiger charge is -2.15. The number of hydrogen-bond donors (Lipinski definition) is 1. The molecule has 0 aliphatic heterocycles. The number of rotatable bonds is 14. The third-order valence-electron chi connectivity index (χ3n) is 5.50. The Hall–Kier alpha value is -2.22. The van der Waals surface area contributed by atoms with Gasteiger partial charge >= 0.3 is 0 Å². The van der Waals surface area contributed by atoms with Gasteiger partial charge in [-0.15, -0.1) is 0 Å². The minimum Gasteiger partial charge on any atom is -0.385 e. The zero-order chi connectivity index (χ0) is 23.3. The number of amides is 1. The van der Waals surface area contributed by atoms with Crippen LogP contribution in [0.15, 0.2) is 24.4 Å². The van der Waals surface area contributed by atoms with Crippen LogP contribution in [0.4, 0.5) is 0 Å². The predicted octanol–water partition coefficient (Wildman–Crippen LogP) is 3.63. The molecule has 3 rings (SSSR count). The first kappa shape index (κ1) is 26.0. The SMILES string of the molecule is CCNCCOCC.COCCCn1cc(CN(C=O)C2CC2)c2ccc(C(C)=O)cc21. The molecule has 1 aliphatic carbocycles. The van der Waals surface area contributed by atoms with Crippen LogP contribution in [0.5, 0.6) is 0 Å². The van der Waals surface area contributed by atoms with Crippen LogP contribution < -0.4 is 5.32 Å². The summed E-state index contributed by atoms with van der Waals surface area (Å²) in [5, 5.41) is 4.27. The molecule has 178 valence electrons. The van der Waals surface area contributed by atoms with Crippen molar-refractivity contribution in [2.75, 3.05) is 40.0 Å². The number of nitrogens with one attached hydrogen (secondary N) is 1. The fourth-order valence-corrected chi connectivity index (χ4v) is 3.60. The van der Waals surface area contributed by atoms with Gasteiger partial charge in [0.15, 0.2) is 5.78 Å². The summed E-state index contributed by atoms with van der Waals surface area (Å²) in [5.41, 5.74) is 2.90. The maximum absolute atomic E-state index is 11.7. The van der Waals surface area contributed by atoms with Crippen molar-refractivity contribution in [1.82, 2.24) is 14.8 Å². The summed E-state index contributed by atoms with van der Waals surface area (Å²) in [6.07, 6.45) is 6.17. The van der Waals surface area contributed by atoms with Crippen molar-refractivity contribution in [2.45, 2.75) is 59.2 Å². The van der Waals surface area contributed by atoms with Gasteiger partial charge in [0.25, 0.3) is 0 Å². The molecule has 1 amide bonds. The molecule has 0 radical (unpaired) electrons. The molecule has 1 saturated carbocycles. The quantitative estimate of drug-likeness (QED) is 0.273. The van der Waals surface area contributed by atoms with Crippen LogP contribution >= 0.6 is 0 Å². The zero-order valence-electron chi connectivity index (χ0n) is 20.1. The third-order valence-corrected chi connectivity index (χ3v) is 5.50. The fourth-order valence-electron chi connectivity index (χ4n) is 3.60. The minimum atomic E-state index is 0.0654. The molecule has 2 aromatic rings. The molecule has 0 bridgehead atoms. The Bertz CT molecular complexity index is 839. The van der Waals surface area contributed by atoms with E-state index in [1.54, 1.807) is 14.0 Å². The van der Waals surface area contributed by atoms with Crippen LogP contribution in [0.3, 0.4) is 0 Å².